The highest BCUT2D eigenvalue weighted by atomic mass is 16.4. The van der Waals surface area contributed by atoms with Gasteiger partial charge in [-0.3, -0.25) is 9.59 Å². The highest BCUT2D eigenvalue weighted by Gasteiger charge is 2.29. The number of hydrogen-bond donors (Lipinski definition) is 2. The zero-order valence-corrected chi connectivity index (χ0v) is 11.0. The normalized spacial score (nSPS) is 19.1. The second kappa shape index (κ2) is 6.30. The number of allylic oxidation sites excluding steroid dienone is 1. The number of ketones is 1. The lowest BCUT2D eigenvalue weighted by Crippen LogP contribution is -2.04. The van der Waals surface area contributed by atoms with E-state index in [1.54, 1.807) is 6.08 Å². The third-order valence-electron chi connectivity index (χ3n) is 3.27. The number of rotatable bonds is 5. The topological polar surface area (TPSA) is 74.6 Å². The van der Waals surface area contributed by atoms with E-state index < -0.39 is 12.1 Å². The van der Waals surface area contributed by atoms with Crippen LogP contribution in [0.4, 0.5) is 0 Å². The first-order valence-corrected chi connectivity index (χ1v) is 6.47. The number of carboxylic acid groups (broad SMARTS) is 1. The van der Waals surface area contributed by atoms with Crippen molar-refractivity contribution >= 4 is 17.8 Å². The molecule has 2 rings (SSSR count). The molecule has 0 fully saturated rings. The predicted molar refractivity (Wildman–Crippen MR) is 75.0 cm³/mol. The molecule has 0 spiro atoms. The second-order valence-electron chi connectivity index (χ2n) is 4.71. The third kappa shape index (κ3) is 3.42. The van der Waals surface area contributed by atoms with Gasteiger partial charge in [0.15, 0.2) is 5.78 Å². The van der Waals surface area contributed by atoms with Gasteiger partial charge in [-0.1, -0.05) is 42.5 Å². The molecule has 1 unspecified atom stereocenters. The van der Waals surface area contributed by atoms with Gasteiger partial charge in [-0.05, 0) is 17.6 Å². The lowest BCUT2D eigenvalue weighted by molar-refractivity contribution is -0.136. The van der Waals surface area contributed by atoms with E-state index in [4.69, 9.17) is 5.11 Å². The summed E-state index contributed by atoms with van der Waals surface area (Å²) in [4.78, 5) is 22.4. The third-order valence-corrected chi connectivity index (χ3v) is 3.27. The van der Waals surface area contributed by atoms with Crippen LogP contribution in [0.3, 0.4) is 0 Å². The monoisotopic (exact) mass is 272 g/mol. The van der Waals surface area contributed by atoms with Crippen molar-refractivity contribution in [1.29, 1.82) is 0 Å². The van der Waals surface area contributed by atoms with Crippen molar-refractivity contribution < 1.29 is 19.8 Å². The van der Waals surface area contributed by atoms with Gasteiger partial charge >= 0.3 is 5.97 Å². The van der Waals surface area contributed by atoms with Gasteiger partial charge in [-0.2, -0.15) is 0 Å². The van der Waals surface area contributed by atoms with Crippen LogP contribution in [0, 0.1) is 0 Å². The van der Waals surface area contributed by atoms with E-state index in [1.807, 2.05) is 36.4 Å². The smallest absolute Gasteiger partial charge is 0.303 e. The van der Waals surface area contributed by atoms with Gasteiger partial charge in [0.05, 0.1) is 6.10 Å². The second-order valence-corrected chi connectivity index (χ2v) is 4.71. The molecular weight excluding hydrogens is 256 g/mol. The Labute approximate surface area is 117 Å². The Morgan fingerprint density at radius 2 is 1.95 bits per heavy atom. The fraction of sp³-hybridized carbons (Fsp3) is 0.250. The first-order valence-electron chi connectivity index (χ1n) is 6.47. The molecule has 0 saturated heterocycles. The zero-order valence-electron chi connectivity index (χ0n) is 11.0. The SMILES string of the molecule is O=C(O)CCC1=C(/C=C/c2ccccc2)C(O)CC1=O. The van der Waals surface area contributed by atoms with Crippen molar-refractivity contribution in [2.45, 2.75) is 25.4 Å². The van der Waals surface area contributed by atoms with Gasteiger partial charge in [0.1, 0.15) is 0 Å². The molecule has 0 bridgehead atoms. The summed E-state index contributed by atoms with van der Waals surface area (Å²) in [5.41, 5.74) is 1.94. The molecule has 4 heteroatoms. The molecule has 1 atom stereocenters. The molecule has 20 heavy (non-hydrogen) atoms. The number of benzene rings is 1. The molecule has 0 amide bonds. The van der Waals surface area contributed by atoms with Crippen LogP contribution in [-0.2, 0) is 9.59 Å². The van der Waals surface area contributed by atoms with Crippen LogP contribution in [0.15, 0.2) is 47.6 Å². The number of hydrogen-bond acceptors (Lipinski definition) is 3. The number of aliphatic hydroxyl groups excluding tert-OH is 1. The lowest BCUT2D eigenvalue weighted by atomic mass is 10.0. The molecular formula is C16H16O4. The summed E-state index contributed by atoms with van der Waals surface area (Å²) in [6.07, 6.45) is 2.81. The van der Waals surface area contributed by atoms with Gasteiger partial charge < -0.3 is 10.2 Å². The van der Waals surface area contributed by atoms with Gasteiger partial charge in [0.25, 0.3) is 0 Å². The lowest BCUT2D eigenvalue weighted by Gasteiger charge is -2.04. The quantitative estimate of drug-likeness (QED) is 0.861. The largest absolute Gasteiger partial charge is 0.481 e. The molecule has 1 aromatic carbocycles. The first-order chi connectivity index (χ1) is 9.58. The average molecular weight is 272 g/mol. The van der Waals surface area contributed by atoms with Crippen molar-refractivity contribution in [2.75, 3.05) is 0 Å². The van der Waals surface area contributed by atoms with Crippen LogP contribution in [0.25, 0.3) is 6.08 Å². The van der Waals surface area contributed by atoms with Crippen LogP contribution < -0.4 is 0 Å². The highest BCUT2D eigenvalue weighted by molar-refractivity contribution is 6.00. The minimum Gasteiger partial charge on any atom is -0.481 e. The molecule has 104 valence electrons. The maximum absolute atomic E-state index is 11.8. The molecule has 4 nitrogen and oxygen atoms in total. The van der Waals surface area contributed by atoms with E-state index in [9.17, 15) is 14.7 Å². The van der Waals surface area contributed by atoms with Crippen LogP contribution >= 0.6 is 0 Å². The molecule has 2 N–H and O–H groups in total. The van der Waals surface area contributed by atoms with E-state index >= 15 is 0 Å². The van der Waals surface area contributed by atoms with Crippen LogP contribution in [0.1, 0.15) is 24.8 Å². The van der Waals surface area contributed by atoms with E-state index in [-0.39, 0.29) is 25.0 Å². The van der Waals surface area contributed by atoms with E-state index in [1.165, 1.54) is 0 Å². The Morgan fingerprint density at radius 3 is 2.60 bits per heavy atom. The minimum absolute atomic E-state index is 0.0451. The zero-order chi connectivity index (χ0) is 14.5. The summed E-state index contributed by atoms with van der Waals surface area (Å²) in [5, 5.41) is 18.6. The molecule has 0 aromatic heterocycles. The Hall–Kier alpha value is -2.20. The summed E-state index contributed by atoms with van der Waals surface area (Å²) >= 11 is 0. The van der Waals surface area contributed by atoms with Crippen molar-refractivity contribution in [3.63, 3.8) is 0 Å². The van der Waals surface area contributed by atoms with Crippen LogP contribution in [0.5, 0.6) is 0 Å². The average Bonchev–Trinajstić information content (AvgIpc) is 2.69. The van der Waals surface area contributed by atoms with Crippen molar-refractivity contribution in [2.24, 2.45) is 0 Å². The van der Waals surface area contributed by atoms with Crippen molar-refractivity contribution in [3.05, 3.63) is 53.1 Å². The predicted octanol–water partition coefficient (Wildman–Crippen LogP) is 2.19. The standard InChI is InChI=1S/C16H16O4/c17-14-10-15(18)13(8-9-16(19)20)12(14)7-6-11-4-2-1-3-5-11/h1-7,14,17H,8-10H2,(H,19,20)/b7-6+. The maximum Gasteiger partial charge on any atom is 0.303 e. The maximum atomic E-state index is 11.8. The minimum atomic E-state index is -0.946. The summed E-state index contributed by atoms with van der Waals surface area (Å²) in [6, 6.07) is 9.53. The Morgan fingerprint density at radius 1 is 1.25 bits per heavy atom. The molecule has 1 aliphatic rings. The number of carbonyl (C=O) groups is 2. The van der Waals surface area contributed by atoms with Gasteiger partial charge in [-0.25, -0.2) is 0 Å². The van der Waals surface area contributed by atoms with Crippen LogP contribution in [-0.4, -0.2) is 28.1 Å². The number of aliphatic carboxylic acids is 1. The number of carbonyl (C=O) groups excluding carboxylic acids is 1. The summed E-state index contributed by atoms with van der Waals surface area (Å²) in [7, 11) is 0. The first kappa shape index (κ1) is 14.2. The van der Waals surface area contributed by atoms with Crippen molar-refractivity contribution in [3.8, 4) is 0 Å². The molecule has 0 heterocycles. The fourth-order valence-electron chi connectivity index (χ4n) is 2.25. The number of carboxylic acids is 1. The molecule has 0 aliphatic heterocycles. The van der Waals surface area contributed by atoms with E-state index in [0.29, 0.717) is 11.1 Å². The number of aliphatic hydroxyl groups is 1. The molecule has 0 radical (unpaired) electrons. The Balaban J connectivity index is 2.22. The molecule has 1 aromatic rings. The Bertz CT molecular complexity index is 569. The molecule has 0 saturated carbocycles. The van der Waals surface area contributed by atoms with E-state index in [2.05, 4.69) is 0 Å². The van der Waals surface area contributed by atoms with Gasteiger partial charge in [0.2, 0.25) is 0 Å². The van der Waals surface area contributed by atoms with E-state index in [0.717, 1.165) is 5.56 Å². The fourth-order valence-corrected chi connectivity index (χ4v) is 2.25. The van der Waals surface area contributed by atoms with Gasteiger partial charge in [0, 0.05) is 18.4 Å². The summed E-state index contributed by atoms with van der Waals surface area (Å²) in [5.74, 6) is -1.11. The number of Topliss-reactive ketones (excluding diaryl/α,β-unsaturated/α-hetero) is 1. The Kier molecular flexibility index (Phi) is 4.48. The van der Waals surface area contributed by atoms with Crippen molar-refractivity contribution in [1.82, 2.24) is 0 Å². The van der Waals surface area contributed by atoms with Crippen LogP contribution in [0.2, 0.25) is 0 Å². The molecule has 1 aliphatic carbocycles. The summed E-state index contributed by atoms with van der Waals surface area (Å²) in [6.45, 7) is 0. The highest BCUT2D eigenvalue weighted by Crippen LogP contribution is 2.28. The van der Waals surface area contributed by atoms with Gasteiger partial charge in [-0.15, -0.1) is 0 Å². The summed E-state index contributed by atoms with van der Waals surface area (Å²) < 4.78 is 0.